The van der Waals surface area contributed by atoms with Gasteiger partial charge in [-0.15, -0.1) is 0 Å². The van der Waals surface area contributed by atoms with Gasteiger partial charge in [0, 0.05) is 17.8 Å². The quantitative estimate of drug-likeness (QED) is 0.936. The molecule has 2 aromatic rings. The highest BCUT2D eigenvalue weighted by Gasteiger charge is 2.10. The summed E-state index contributed by atoms with van der Waals surface area (Å²) in [6.45, 7) is 3.98. The van der Waals surface area contributed by atoms with Crippen LogP contribution in [-0.2, 0) is 0 Å². The van der Waals surface area contributed by atoms with E-state index in [9.17, 15) is 9.18 Å². The minimum atomic E-state index is -0.467. The molecule has 0 aliphatic heterocycles. The fraction of sp³-hybridized carbons (Fsp3) is 0.231. The number of nitrogens with one attached hydrogen (secondary N) is 1. The average Bonchev–Trinajstić information content (AvgIpc) is 2.81. The number of nitrogens with zero attached hydrogens (tertiary/aromatic N) is 2. The van der Waals surface area contributed by atoms with Crippen molar-refractivity contribution in [3.8, 4) is 0 Å². The van der Waals surface area contributed by atoms with Crippen LogP contribution in [0.25, 0.3) is 0 Å². The molecule has 0 aliphatic rings. The maximum absolute atomic E-state index is 13.3. The van der Waals surface area contributed by atoms with Gasteiger partial charge < -0.3 is 5.32 Å². The van der Waals surface area contributed by atoms with E-state index >= 15 is 0 Å². The summed E-state index contributed by atoms with van der Waals surface area (Å²) >= 11 is 3.04. The molecule has 1 aromatic carbocycles. The summed E-state index contributed by atoms with van der Waals surface area (Å²) in [6.07, 6.45) is 3.30. The van der Waals surface area contributed by atoms with Crippen molar-refractivity contribution in [1.82, 2.24) is 9.78 Å². The van der Waals surface area contributed by atoms with Gasteiger partial charge in [-0.2, -0.15) is 5.10 Å². The van der Waals surface area contributed by atoms with E-state index in [1.54, 1.807) is 23.1 Å². The molecule has 1 aromatic heterocycles. The van der Waals surface area contributed by atoms with Crippen molar-refractivity contribution >= 4 is 27.5 Å². The SMILES string of the molecule is CC(C)n1cc(NC(=O)c2ccc(Br)c(F)c2)cn1. The zero-order valence-corrected chi connectivity index (χ0v) is 12.1. The van der Waals surface area contributed by atoms with Gasteiger partial charge in [-0.05, 0) is 48.0 Å². The highest BCUT2D eigenvalue weighted by atomic mass is 79.9. The number of hydrogen-bond donors (Lipinski definition) is 1. The Bertz CT molecular complexity index is 610. The largest absolute Gasteiger partial charge is 0.319 e. The van der Waals surface area contributed by atoms with Crippen LogP contribution in [0, 0.1) is 5.82 Å². The van der Waals surface area contributed by atoms with Crippen LogP contribution >= 0.6 is 15.9 Å². The molecule has 0 atom stereocenters. The van der Waals surface area contributed by atoms with Crippen molar-refractivity contribution in [3.63, 3.8) is 0 Å². The maximum atomic E-state index is 13.3. The molecule has 6 heteroatoms. The lowest BCUT2D eigenvalue weighted by atomic mass is 10.2. The van der Waals surface area contributed by atoms with E-state index in [1.807, 2.05) is 13.8 Å². The van der Waals surface area contributed by atoms with Crippen molar-refractivity contribution in [1.29, 1.82) is 0 Å². The molecule has 0 saturated heterocycles. The first-order valence-electron chi connectivity index (χ1n) is 5.78. The number of rotatable bonds is 3. The van der Waals surface area contributed by atoms with Crippen molar-refractivity contribution in [2.24, 2.45) is 0 Å². The van der Waals surface area contributed by atoms with Gasteiger partial charge in [0.25, 0.3) is 5.91 Å². The Morgan fingerprint density at radius 1 is 1.47 bits per heavy atom. The summed E-state index contributed by atoms with van der Waals surface area (Å²) < 4.78 is 15.4. The van der Waals surface area contributed by atoms with Crippen LogP contribution in [0.15, 0.2) is 35.1 Å². The van der Waals surface area contributed by atoms with Crippen LogP contribution in [0.1, 0.15) is 30.2 Å². The summed E-state index contributed by atoms with van der Waals surface area (Å²) in [5.74, 6) is -0.833. The van der Waals surface area contributed by atoms with E-state index < -0.39 is 5.82 Å². The molecule has 19 heavy (non-hydrogen) atoms. The summed E-state index contributed by atoms with van der Waals surface area (Å²) in [5, 5.41) is 6.79. The second-order valence-corrected chi connectivity index (χ2v) is 5.24. The van der Waals surface area contributed by atoms with Crippen LogP contribution in [0.4, 0.5) is 10.1 Å². The van der Waals surface area contributed by atoms with Gasteiger partial charge in [0.15, 0.2) is 0 Å². The number of halogens is 2. The second kappa shape index (κ2) is 5.52. The Hall–Kier alpha value is -1.69. The van der Waals surface area contributed by atoms with E-state index in [0.29, 0.717) is 10.2 Å². The molecule has 4 nitrogen and oxygen atoms in total. The Kier molecular flexibility index (Phi) is 3.99. The van der Waals surface area contributed by atoms with Crippen LogP contribution in [0.3, 0.4) is 0 Å². The Morgan fingerprint density at radius 2 is 2.21 bits per heavy atom. The van der Waals surface area contributed by atoms with Crippen LogP contribution in [-0.4, -0.2) is 15.7 Å². The Balaban J connectivity index is 2.13. The Labute approximate surface area is 118 Å². The lowest BCUT2D eigenvalue weighted by Crippen LogP contribution is -2.11. The summed E-state index contributed by atoms with van der Waals surface area (Å²) in [6, 6.07) is 4.46. The molecule has 0 fully saturated rings. The number of benzene rings is 1. The molecule has 0 spiro atoms. The number of hydrogen-bond acceptors (Lipinski definition) is 2. The Morgan fingerprint density at radius 3 is 2.79 bits per heavy atom. The molecular weight excluding hydrogens is 313 g/mol. The molecule has 2 rings (SSSR count). The number of carbonyl (C=O) groups excluding carboxylic acids is 1. The first-order valence-corrected chi connectivity index (χ1v) is 6.57. The third kappa shape index (κ3) is 3.20. The molecule has 1 amide bonds. The second-order valence-electron chi connectivity index (χ2n) is 4.39. The molecule has 0 aliphatic carbocycles. The lowest BCUT2D eigenvalue weighted by molar-refractivity contribution is 0.102. The number of anilines is 1. The zero-order valence-electron chi connectivity index (χ0n) is 10.5. The normalized spacial score (nSPS) is 10.8. The maximum Gasteiger partial charge on any atom is 0.255 e. The van der Waals surface area contributed by atoms with E-state index in [4.69, 9.17) is 0 Å². The first kappa shape index (κ1) is 13.7. The monoisotopic (exact) mass is 325 g/mol. The van der Waals surface area contributed by atoms with E-state index in [2.05, 4.69) is 26.3 Å². The molecule has 0 unspecified atom stereocenters. The molecule has 0 radical (unpaired) electrons. The van der Waals surface area contributed by atoms with Gasteiger partial charge in [0.05, 0.1) is 16.4 Å². The van der Waals surface area contributed by atoms with E-state index in [0.717, 1.165) is 0 Å². The fourth-order valence-corrected chi connectivity index (χ4v) is 1.77. The number of aromatic nitrogens is 2. The molecule has 100 valence electrons. The van der Waals surface area contributed by atoms with Gasteiger partial charge in [-0.1, -0.05) is 0 Å². The van der Waals surface area contributed by atoms with Gasteiger partial charge >= 0.3 is 0 Å². The van der Waals surface area contributed by atoms with Gasteiger partial charge in [0.1, 0.15) is 5.82 Å². The third-order valence-electron chi connectivity index (χ3n) is 2.57. The zero-order chi connectivity index (χ0) is 14.0. The number of amides is 1. The predicted octanol–water partition coefficient (Wildman–Crippen LogP) is 3.62. The molecular formula is C13H13BrFN3O. The summed E-state index contributed by atoms with van der Waals surface area (Å²) in [4.78, 5) is 11.9. The van der Waals surface area contributed by atoms with Crippen molar-refractivity contribution in [3.05, 3.63) is 46.4 Å². The molecule has 1 heterocycles. The smallest absolute Gasteiger partial charge is 0.255 e. The van der Waals surface area contributed by atoms with Crippen LogP contribution < -0.4 is 5.32 Å². The van der Waals surface area contributed by atoms with E-state index in [1.165, 1.54) is 12.1 Å². The average molecular weight is 326 g/mol. The summed E-state index contributed by atoms with van der Waals surface area (Å²) in [7, 11) is 0. The van der Waals surface area contributed by atoms with Crippen molar-refractivity contribution in [2.75, 3.05) is 5.32 Å². The van der Waals surface area contributed by atoms with Crippen LogP contribution in [0.2, 0.25) is 0 Å². The first-order chi connectivity index (χ1) is 8.97. The number of carbonyl (C=O) groups is 1. The van der Waals surface area contributed by atoms with Gasteiger partial charge in [0.2, 0.25) is 0 Å². The molecule has 1 N–H and O–H groups in total. The topological polar surface area (TPSA) is 46.9 Å². The fourth-order valence-electron chi connectivity index (χ4n) is 1.53. The molecule has 0 bridgehead atoms. The van der Waals surface area contributed by atoms with Crippen molar-refractivity contribution < 1.29 is 9.18 Å². The highest BCUT2D eigenvalue weighted by Crippen LogP contribution is 2.17. The van der Waals surface area contributed by atoms with Crippen LogP contribution in [0.5, 0.6) is 0 Å². The minimum Gasteiger partial charge on any atom is -0.319 e. The lowest BCUT2D eigenvalue weighted by Gasteiger charge is -2.04. The summed E-state index contributed by atoms with van der Waals surface area (Å²) in [5.41, 5.74) is 0.847. The minimum absolute atomic E-state index is 0.218. The predicted molar refractivity (Wildman–Crippen MR) is 74.7 cm³/mol. The highest BCUT2D eigenvalue weighted by molar-refractivity contribution is 9.10. The third-order valence-corrected chi connectivity index (χ3v) is 3.21. The van der Waals surface area contributed by atoms with E-state index in [-0.39, 0.29) is 17.5 Å². The van der Waals surface area contributed by atoms with Gasteiger partial charge in [-0.25, -0.2) is 4.39 Å². The van der Waals surface area contributed by atoms with Gasteiger partial charge in [-0.3, -0.25) is 9.48 Å². The standard InChI is InChI=1S/C13H13BrFN3O/c1-8(2)18-7-10(6-16-18)17-13(19)9-3-4-11(14)12(15)5-9/h3-8H,1-2H3,(H,17,19). The van der Waals surface area contributed by atoms with Crippen molar-refractivity contribution in [2.45, 2.75) is 19.9 Å². The molecule has 0 saturated carbocycles.